The first-order valence-corrected chi connectivity index (χ1v) is 6.63. The smallest absolute Gasteiger partial charge is 0.261 e. The van der Waals surface area contributed by atoms with Crippen LogP contribution < -0.4 is 10.9 Å². The fraction of sp³-hybridized carbons (Fsp3) is 0.125. The molecule has 2 heterocycles. The first-order chi connectivity index (χ1) is 10.0. The number of rotatable bonds is 2. The second-order valence-corrected chi connectivity index (χ2v) is 5.07. The van der Waals surface area contributed by atoms with Crippen molar-refractivity contribution in [2.45, 2.75) is 13.8 Å². The van der Waals surface area contributed by atoms with Crippen molar-refractivity contribution in [2.75, 3.05) is 5.32 Å². The minimum absolute atomic E-state index is 0.146. The van der Waals surface area contributed by atoms with Gasteiger partial charge in [-0.05, 0) is 49.1 Å². The highest BCUT2D eigenvalue weighted by Gasteiger charge is 2.14. The lowest BCUT2D eigenvalue weighted by atomic mass is 10.1. The van der Waals surface area contributed by atoms with Crippen LogP contribution in [-0.2, 0) is 0 Å². The Balaban J connectivity index is 1.94. The maximum atomic E-state index is 12.3. The fourth-order valence-electron chi connectivity index (χ4n) is 2.46. The molecule has 1 amide bonds. The zero-order chi connectivity index (χ0) is 15.0. The Kier molecular flexibility index (Phi) is 3.10. The molecule has 0 spiro atoms. The van der Waals surface area contributed by atoms with Gasteiger partial charge in [0.15, 0.2) is 0 Å². The van der Waals surface area contributed by atoms with Crippen molar-refractivity contribution in [2.24, 2.45) is 0 Å². The van der Waals surface area contributed by atoms with Gasteiger partial charge in [0, 0.05) is 23.1 Å². The molecular weight excluding hydrogens is 266 g/mol. The van der Waals surface area contributed by atoms with Gasteiger partial charge in [-0.1, -0.05) is 6.07 Å². The fourth-order valence-corrected chi connectivity index (χ4v) is 2.46. The summed E-state index contributed by atoms with van der Waals surface area (Å²) in [4.78, 5) is 30.0. The molecule has 0 unspecified atom stereocenters. The van der Waals surface area contributed by atoms with Crippen LogP contribution in [0.25, 0.3) is 10.9 Å². The summed E-state index contributed by atoms with van der Waals surface area (Å²) < 4.78 is 0. The predicted octanol–water partition coefficient (Wildman–Crippen LogP) is 2.73. The second-order valence-electron chi connectivity index (χ2n) is 5.07. The molecule has 1 aromatic carbocycles. The molecule has 3 N–H and O–H groups in total. The Morgan fingerprint density at radius 1 is 1.14 bits per heavy atom. The number of pyridine rings is 1. The molecule has 106 valence electrons. The SMILES string of the molecule is Cc1cc(C)c(C(=O)Nc2ccc3cc[nH]c3c2)c(=O)[nH]1. The first kappa shape index (κ1) is 13.2. The van der Waals surface area contributed by atoms with E-state index in [1.54, 1.807) is 19.9 Å². The van der Waals surface area contributed by atoms with Gasteiger partial charge in [0.25, 0.3) is 11.5 Å². The summed E-state index contributed by atoms with van der Waals surface area (Å²) in [5.41, 5.74) is 2.76. The van der Waals surface area contributed by atoms with Gasteiger partial charge >= 0.3 is 0 Å². The van der Waals surface area contributed by atoms with E-state index in [2.05, 4.69) is 15.3 Å². The standard InChI is InChI=1S/C16H15N3O2/c1-9-7-10(2)18-15(20)14(9)16(21)19-12-4-3-11-5-6-17-13(11)8-12/h3-8,17H,1-2H3,(H,18,20)(H,19,21). The van der Waals surface area contributed by atoms with Crippen molar-refractivity contribution in [3.63, 3.8) is 0 Å². The van der Waals surface area contributed by atoms with E-state index >= 15 is 0 Å². The van der Waals surface area contributed by atoms with Crippen molar-refractivity contribution in [1.29, 1.82) is 0 Å². The van der Waals surface area contributed by atoms with Crippen LogP contribution >= 0.6 is 0 Å². The number of aryl methyl sites for hydroxylation is 2. The molecule has 21 heavy (non-hydrogen) atoms. The highest BCUT2D eigenvalue weighted by Crippen LogP contribution is 2.18. The maximum absolute atomic E-state index is 12.3. The summed E-state index contributed by atoms with van der Waals surface area (Å²) in [5.74, 6) is -0.403. The summed E-state index contributed by atoms with van der Waals surface area (Å²) in [6.45, 7) is 3.54. The molecule has 0 atom stereocenters. The molecule has 0 radical (unpaired) electrons. The molecule has 0 fully saturated rings. The van der Waals surface area contributed by atoms with E-state index in [0.717, 1.165) is 16.6 Å². The molecule has 0 bridgehead atoms. The van der Waals surface area contributed by atoms with Crippen LogP contribution in [0.1, 0.15) is 21.6 Å². The normalized spacial score (nSPS) is 10.8. The number of aromatic nitrogens is 2. The van der Waals surface area contributed by atoms with E-state index in [1.165, 1.54) is 0 Å². The van der Waals surface area contributed by atoms with Gasteiger partial charge in [0.2, 0.25) is 0 Å². The van der Waals surface area contributed by atoms with Gasteiger partial charge in [-0.25, -0.2) is 0 Å². The largest absolute Gasteiger partial charge is 0.361 e. The van der Waals surface area contributed by atoms with Crippen LogP contribution in [0, 0.1) is 13.8 Å². The number of benzene rings is 1. The lowest BCUT2D eigenvalue weighted by Gasteiger charge is -2.08. The minimum atomic E-state index is -0.403. The number of amides is 1. The Morgan fingerprint density at radius 2 is 1.95 bits per heavy atom. The van der Waals surface area contributed by atoms with E-state index in [-0.39, 0.29) is 11.1 Å². The number of nitrogens with one attached hydrogen (secondary N) is 3. The van der Waals surface area contributed by atoms with Crippen LogP contribution in [0.4, 0.5) is 5.69 Å². The van der Waals surface area contributed by atoms with Crippen molar-refractivity contribution in [3.8, 4) is 0 Å². The molecular formula is C16H15N3O2. The molecule has 5 heteroatoms. The number of hydrogen-bond donors (Lipinski definition) is 3. The summed E-state index contributed by atoms with van der Waals surface area (Å²) in [7, 11) is 0. The second kappa shape index (κ2) is 4.94. The summed E-state index contributed by atoms with van der Waals surface area (Å²) >= 11 is 0. The predicted molar refractivity (Wildman–Crippen MR) is 82.8 cm³/mol. The highest BCUT2D eigenvalue weighted by atomic mass is 16.2. The molecule has 3 aromatic rings. The van der Waals surface area contributed by atoms with Crippen molar-refractivity contribution < 1.29 is 4.79 Å². The van der Waals surface area contributed by atoms with Crippen molar-refractivity contribution >= 4 is 22.5 Å². The molecule has 3 rings (SSSR count). The first-order valence-electron chi connectivity index (χ1n) is 6.63. The van der Waals surface area contributed by atoms with E-state index in [1.807, 2.05) is 30.5 Å². The lowest BCUT2D eigenvalue weighted by Crippen LogP contribution is -2.25. The van der Waals surface area contributed by atoms with Crippen LogP contribution in [0.5, 0.6) is 0 Å². The zero-order valence-corrected chi connectivity index (χ0v) is 11.8. The topological polar surface area (TPSA) is 77.8 Å². The monoisotopic (exact) mass is 281 g/mol. The quantitative estimate of drug-likeness (QED) is 0.675. The number of carbonyl (C=O) groups is 1. The number of anilines is 1. The molecule has 2 aromatic heterocycles. The van der Waals surface area contributed by atoms with Gasteiger partial charge in [0.1, 0.15) is 5.56 Å². The van der Waals surface area contributed by atoms with Gasteiger partial charge in [-0.3, -0.25) is 9.59 Å². The number of fused-ring (bicyclic) bond motifs is 1. The Morgan fingerprint density at radius 3 is 2.71 bits per heavy atom. The number of H-pyrrole nitrogens is 2. The van der Waals surface area contributed by atoms with E-state index in [4.69, 9.17) is 0 Å². The Bertz CT molecular complexity index is 890. The maximum Gasteiger partial charge on any atom is 0.261 e. The van der Waals surface area contributed by atoms with Crippen LogP contribution in [0.2, 0.25) is 0 Å². The van der Waals surface area contributed by atoms with Crippen LogP contribution in [0.15, 0.2) is 41.3 Å². The third kappa shape index (κ3) is 2.45. The summed E-state index contributed by atoms with van der Waals surface area (Å²) in [5, 5.41) is 3.83. The van der Waals surface area contributed by atoms with Crippen LogP contribution in [-0.4, -0.2) is 15.9 Å². The Hall–Kier alpha value is -2.82. The molecule has 0 saturated heterocycles. The van der Waals surface area contributed by atoms with Crippen molar-refractivity contribution in [1.82, 2.24) is 9.97 Å². The van der Waals surface area contributed by atoms with Gasteiger partial charge in [0.05, 0.1) is 0 Å². The van der Waals surface area contributed by atoms with Gasteiger partial charge in [-0.2, -0.15) is 0 Å². The van der Waals surface area contributed by atoms with E-state index in [9.17, 15) is 9.59 Å². The van der Waals surface area contributed by atoms with E-state index in [0.29, 0.717) is 11.3 Å². The average Bonchev–Trinajstić information content (AvgIpc) is 2.84. The average molecular weight is 281 g/mol. The summed E-state index contributed by atoms with van der Waals surface area (Å²) in [6.07, 6.45) is 1.84. The molecule has 0 aliphatic carbocycles. The minimum Gasteiger partial charge on any atom is -0.361 e. The van der Waals surface area contributed by atoms with Gasteiger partial charge in [-0.15, -0.1) is 0 Å². The third-order valence-corrected chi connectivity index (χ3v) is 3.41. The molecule has 0 aliphatic rings. The molecule has 0 aliphatic heterocycles. The third-order valence-electron chi connectivity index (χ3n) is 3.41. The molecule has 5 nitrogen and oxygen atoms in total. The Labute approximate surface area is 121 Å². The van der Waals surface area contributed by atoms with Crippen LogP contribution in [0.3, 0.4) is 0 Å². The van der Waals surface area contributed by atoms with Crippen molar-refractivity contribution in [3.05, 3.63) is 63.7 Å². The lowest BCUT2D eigenvalue weighted by molar-refractivity contribution is 0.102. The zero-order valence-electron chi connectivity index (χ0n) is 11.8. The number of aromatic amines is 2. The summed E-state index contributed by atoms with van der Waals surface area (Å²) in [6, 6.07) is 9.30. The molecule has 0 saturated carbocycles. The number of carbonyl (C=O) groups excluding carboxylic acids is 1. The number of hydrogen-bond acceptors (Lipinski definition) is 2. The highest BCUT2D eigenvalue weighted by molar-refractivity contribution is 6.05. The van der Waals surface area contributed by atoms with Gasteiger partial charge < -0.3 is 15.3 Å². The van der Waals surface area contributed by atoms with E-state index < -0.39 is 5.91 Å².